The molecule has 0 saturated heterocycles. The summed E-state index contributed by atoms with van der Waals surface area (Å²) in [6, 6.07) is 0. The molecule has 3 nitrogen and oxygen atoms in total. The molecule has 1 N–H and O–H groups in total. The van der Waals surface area contributed by atoms with E-state index in [4.69, 9.17) is 4.74 Å². The van der Waals surface area contributed by atoms with Crippen LogP contribution in [-0.4, -0.2) is 23.3 Å². The van der Waals surface area contributed by atoms with E-state index in [1.807, 2.05) is 0 Å². The number of aliphatic hydroxyl groups excluding tert-OH is 1. The average molecular weight is 210 g/mol. The van der Waals surface area contributed by atoms with Crippen LogP contribution in [0, 0.1) is 17.3 Å². The minimum Gasteiger partial charge on any atom is -0.462 e. The van der Waals surface area contributed by atoms with Crippen LogP contribution >= 0.6 is 0 Å². The third-order valence-electron chi connectivity index (χ3n) is 4.09. The zero-order chi connectivity index (χ0) is 11.4. The number of aliphatic hydroxyl groups is 1. The molecule has 4 atom stereocenters. The first-order valence-corrected chi connectivity index (χ1v) is 5.39. The molecule has 0 aromatic heterocycles. The van der Waals surface area contributed by atoms with Crippen LogP contribution in [0.25, 0.3) is 0 Å². The van der Waals surface area contributed by atoms with Crippen LogP contribution in [0.3, 0.4) is 0 Å². The number of esters is 1. The number of hydrogen-bond acceptors (Lipinski definition) is 3. The molecule has 0 amide bonds. The Morgan fingerprint density at radius 1 is 1.60 bits per heavy atom. The molecule has 0 radical (unpaired) electrons. The van der Waals surface area contributed by atoms with Crippen molar-refractivity contribution in [2.75, 3.05) is 0 Å². The van der Waals surface area contributed by atoms with Gasteiger partial charge in [-0.15, -0.1) is 0 Å². The van der Waals surface area contributed by atoms with E-state index in [1.54, 1.807) is 0 Å². The summed E-state index contributed by atoms with van der Waals surface area (Å²) in [5.74, 6) is 0.150. The number of ether oxygens (including phenoxy) is 1. The van der Waals surface area contributed by atoms with Gasteiger partial charge in [0, 0.05) is 18.8 Å². The van der Waals surface area contributed by atoms with Crippen molar-refractivity contribution in [1.29, 1.82) is 0 Å². The monoisotopic (exact) mass is 210 g/mol. The summed E-state index contributed by atoms with van der Waals surface area (Å²) >= 11 is 0. The van der Waals surface area contributed by atoms with Gasteiger partial charge in [0.2, 0.25) is 0 Å². The highest BCUT2D eigenvalue weighted by atomic mass is 16.5. The second-order valence-corrected chi connectivity index (χ2v) is 5.31. The van der Waals surface area contributed by atoms with E-state index in [1.165, 1.54) is 6.92 Å². The molecule has 84 valence electrons. The van der Waals surface area contributed by atoms with Crippen molar-refractivity contribution < 1.29 is 14.6 Å². The van der Waals surface area contributed by atoms with E-state index in [2.05, 4.69) is 20.4 Å². The van der Waals surface area contributed by atoms with Crippen molar-refractivity contribution in [3.63, 3.8) is 0 Å². The lowest BCUT2D eigenvalue weighted by molar-refractivity contribution is -0.207. The van der Waals surface area contributed by atoms with E-state index >= 15 is 0 Å². The number of rotatable bonds is 1. The summed E-state index contributed by atoms with van der Waals surface area (Å²) in [6.45, 7) is 9.66. The molecule has 0 aliphatic heterocycles. The minimum absolute atomic E-state index is 0.0617. The first-order valence-electron chi connectivity index (χ1n) is 5.39. The Bertz CT molecular complexity index is 319. The van der Waals surface area contributed by atoms with Gasteiger partial charge in [-0.3, -0.25) is 4.79 Å². The third-order valence-corrected chi connectivity index (χ3v) is 4.09. The van der Waals surface area contributed by atoms with Crippen LogP contribution in [0.2, 0.25) is 0 Å². The van der Waals surface area contributed by atoms with Gasteiger partial charge >= 0.3 is 5.97 Å². The van der Waals surface area contributed by atoms with Gasteiger partial charge in [-0.1, -0.05) is 20.4 Å². The van der Waals surface area contributed by atoms with E-state index in [9.17, 15) is 9.90 Å². The van der Waals surface area contributed by atoms with E-state index in [-0.39, 0.29) is 29.3 Å². The molecule has 0 spiro atoms. The summed E-state index contributed by atoms with van der Waals surface area (Å²) in [7, 11) is 0. The molecular weight excluding hydrogens is 192 g/mol. The lowest BCUT2D eigenvalue weighted by atomic mass is 9.45. The van der Waals surface area contributed by atoms with Crippen LogP contribution in [-0.2, 0) is 9.53 Å². The van der Waals surface area contributed by atoms with Crippen molar-refractivity contribution in [3.05, 3.63) is 12.2 Å². The number of carbonyl (C=O) groups is 1. The highest BCUT2D eigenvalue weighted by Crippen LogP contribution is 2.61. The normalized spacial score (nSPS) is 42.0. The van der Waals surface area contributed by atoms with Crippen LogP contribution in [0.5, 0.6) is 0 Å². The second kappa shape index (κ2) is 3.08. The topological polar surface area (TPSA) is 46.5 Å². The molecular formula is C12H18O3. The molecule has 0 aromatic carbocycles. The van der Waals surface area contributed by atoms with E-state index in [0.29, 0.717) is 6.42 Å². The fraction of sp³-hybridized carbons (Fsp3) is 0.750. The molecule has 3 aliphatic rings. The minimum atomic E-state index is -0.417. The van der Waals surface area contributed by atoms with E-state index in [0.717, 1.165) is 5.57 Å². The van der Waals surface area contributed by atoms with Crippen LogP contribution in [0.15, 0.2) is 12.2 Å². The number of fused-ring (bicyclic) bond motifs is 2. The maximum absolute atomic E-state index is 11.0. The van der Waals surface area contributed by atoms with Gasteiger partial charge in [0.15, 0.2) is 0 Å². The zero-order valence-electron chi connectivity index (χ0n) is 9.49. The van der Waals surface area contributed by atoms with Gasteiger partial charge in [-0.2, -0.15) is 0 Å². The first kappa shape index (κ1) is 10.7. The molecule has 3 saturated carbocycles. The Morgan fingerprint density at radius 2 is 2.20 bits per heavy atom. The smallest absolute Gasteiger partial charge is 0.302 e. The van der Waals surface area contributed by atoms with Crippen molar-refractivity contribution in [1.82, 2.24) is 0 Å². The molecule has 3 fully saturated rings. The van der Waals surface area contributed by atoms with Gasteiger partial charge in [0.25, 0.3) is 0 Å². The maximum Gasteiger partial charge on any atom is 0.302 e. The zero-order valence-corrected chi connectivity index (χ0v) is 9.49. The first-order chi connectivity index (χ1) is 6.85. The summed E-state index contributed by atoms with van der Waals surface area (Å²) in [5.41, 5.74) is 0.935. The van der Waals surface area contributed by atoms with Gasteiger partial charge in [0.05, 0.1) is 6.10 Å². The van der Waals surface area contributed by atoms with Crippen molar-refractivity contribution in [2.45, 2.75) is 39.4 Å². The summed E-state index contributed by atoms with van der Waals surface area (Å²) in [5, 5.41) is 9.72. The predicted molar refractivity (Wildman–Crippen MR) is 56.1 cm³/mol. The Kier molecular flexibility index (Phi) is 2.19. The molecule has 15 heavy (non-hydrogen) atoms. The van der Waals surface area contributed by atoms with Gasteiger partial charge in [-0.25, -0.2) is 0 Å². The van der Waals surface area contributed by atoms with Crippen LogP contribution < -0.4 is 0 Å². The van der Waals surface area contributed by atoms with Gasteiger partial charge < -0.3 is 9.84 Å². The molecule has 2 bridgehead atoms. The fourth-order valence-corrected chi connectivity index (χ4v) is 3.26. The van der Waals surface area contributed by atoms with Crippen LogP contribution in [0.4, 0.5) is 0 Å². The Balaban J connectivity index is 2.20. The summed E-state index contributed by atoms with van der Waals surface area (Å²) < 4.78 is 5.30. The molecule has 3 rings (SSSR count). The van der Waals surface area contributed by atoms with Gasteiger partial charge in [-0.05, 0) is 17.4 Å². The molecule has 0 unspecified atom stereocenters. The highest BCUT2D eigenvalue weighted by molar-refractivity contribution is 5.66. The third kappa shape index (κ3) is 1.33. The largest absolute Gasteiger partial charge is 0.462 e. The average Bonchev–Trinajstić information content (AvgIpc) is 2.09. The van der Waals surface area contributed by atoms with Crippen molar-refractivity contribution in [2.24, 2.45) is 17.3 Å². The summed E-state index contributed by atoms with van der Waals surface area (Å²) in [6.07, 6.45) is 0.188. The molecule has 3 aliphatic carbocycles. The lowest BCUT2D eigenvalue weighted by Crippen LogP contribution is -2.65. The standard InChI is InChI=1S/C12H18O3/c1-6-9(14)5-8-11(15-7(2)13)10(6)12(8,3)4/h8-11,14H,1,5H2,2-4H3/t8-,9-,10+,11+/m0/s1. The van der Waals surface area contributed by atoms with Gasteiger partial charge in [0.1, 0.15) is 6.10 Å². The number of carbonyl (C=O) groups excluding carboxylic acids is 1. The number of hydrogen-bond donors (Lipinski definition) is 1. The predicted octanol–water partition coefficient (Wildman–Crippen LogP) is 1.51. The fourth-order valence-electron chi connectivity index (χ4n) is 3.26. The molecule has 3 heteroatoms. The molecule has 0 heterocycles. The second-order valence-electron chi connectivity index (χ2n) is 5.31. The Hall–Kier alpha value is -0.830. The van der Waals surface area contributed by atoms with E-state index < -0.39 is 6.10 Å². The SMILES string of the molecule is C=C1[C@@H]2[C@H](OC(C)=O)[C@H](C[C@@H]1O)C2(C)C. The maximum atomic E-state index is 11.0. The Labute approximate surface area is 90.1 Å². The summed E-state index contributed by atoms with van der Waals surface area (Å²) in [4.78, 5) is 11.0. The Morgan fingerprint density at radius 3 is 2.67 bits per heavy atom. The quantitative estimate of drug-likeness (QED) is 0.527. The van der Waals surface area contributed by atoms with Crippen molar-refractivity contribution >= 4 is 5.97 Å². The highest BCUT2D eigenvalue weighted by Gasteiger charge is 2.63. The molecule has 0 aromatic rings. The van der Waals surface area contributed by atoms with Crippen molar-refractivity contribution in [3.8, 4) is 0 Å². The van der Waals surface area contributed by atoms with Crippen LogP contribution in [0.1, 0.15) is 27.2 Å². The lowest BCUT2D eigenvalue weighted by Gasteiger charge is -2.62.